The molecular weight excluding hydrogens is 276 g/mol. The lowest BCUT2D eigenvalue weighted by Crippen LogP contribution is -2.37. The van der Waals surface area contributed by atoms with E-state index in [0.717, 1.165) is 16.7 Å². The van der Waals surface area contributed by atoms with E-state index in [1.165, 1.54) is 0 Å². The third-order valence-corrected chi connectivity index (χ3v) is 3.48. The van der Waals surface area contributed by atoms with Gasteiger partial charge in [-0.2, -0.15) is 0 Å². The molecule has 1 atom stereocenters. The molecule has 0 fully saturated rings. The van der Waals surface area contributed by atoms with Crippen LogP contribution < -0.4 is 5.32 Å². The van der Waals surface area contributed by atoms with Gasteiger partial charge >= 0.3 is 5.97 Å². The van der Waals surface area contributed by atoms with Crippen LogP contribution in [0.2, 0.25) is 0 Å². The second kappa shape index (κ2) is 7.71. The topological polar surface area (TPSA) is 62.2 Å². The molecule has 1 aromatic heterocycles. The number of rotatable bonds is 7. The van der Waals surface area contributed by atoms with Crippen molar-refractivity contribution in [2.75, 3.05) is 0 Å². The van der Waals surface area contributed by atoms with Crippen molar-refractivity contribution >= 4 is 5.97 Å². The molecule has 0 aliphatic heterocycles. The molecule has 0 bridgehead atoms. The number of carbonyl (C=O) groups is 1. The minimum atomic E-state index is -0.794. The number of benzene rings is 1. The first kappa shape index (κ1) is 16.2. The van der Waals surface area contributed by atoms with Crippen LogP contribution in [0.15, 0.2) is 48.8 Å². The molecule has 0 amide bonds. The fraction of sp³-hybridized carbons (Fsp3) is 0.333. The first-order chi connectivity index (χ1) is 10.6. The van der Waals surface area contributed by atoms with Crippen molar-refractivity contribution in [1.82, 2.24) is 10.3 Å². The predicted molar refractivity (Wildman–Crippen MR) is 87.4 cm³/mol. The van der Waals surface area contributed by atoms with Crippen molar-refractivity contribution in [2.24, 2.45) is 5.92 Å². The van der Waals surface area contributed by atoms with Crippen molar-refractivity contribution in [3.8, 4) is 11.1 Å². The summed E-state index contributed by atoms with van der Waals surface area (Å²) in [6.07, 6.45) is 4.20. The van der Waals surface area contributed by atoms with Gasteiger partial charge in [0.1, 0.15) is 6.04 Å². The van der Waals surface area contributed by atoms with Crippen LogP contribution in [0.25, 0.3) is 11.1 Å². The van der Waals surface area contributed by atoms with Gasteiger partial charge in [-0.3, -0.25) is 9.78 Å². The summed E-state index contributed by atoms with van der Waals surface area (Å²) in [7, 11) is 0. The summed E-state index contributed by atoms with van der Waals surface area (Å²) in [5.74, 6) is -0.451. The Morgan fingerprint density at radius 1 is 1.23 bits per heavy atom. The standard InChI is InChI=1S/C18H22N2O2/c1-13(2)9-17(18(21)22)20-11-14-5-3-6-15(10-14)16-7-4-8-19-12-16/h3-8,10,12-13,17,20H,9,11H2,1-2H3,(H,21,22)/t17-/m0/s1. The highest BCUT2D eigenvalue weighted by atomic mass is 16.4. The minimum Gasteiger partial charge on any atom is -0.480 e. The first-order valence-corrected chi connectivity index (χ1v) is 7.52. The van der Waals surface area contributed by atoms with Gasteiger partial charge in [0, 0.05) is 18.9 Å². The summed E-state index contributed by atoms with van der Waals surface area (Å²) in [5, 5.41) is 12.4. The summed E-state index contributed by atoms with van der Waals surface area (Å²) in [6, 6.07) is 11.5. The van der Waals surface area contributed by atoms with E-state index in [9.17, 15) is 9.90 Å². The van der Waals surface area contributed by atoms with Crippen molar-refractivity contribution < 1.29 is 9.90 Å². The zero-order valence-corrected chi connectivity index (χ0v) is 13.0. The molecule has 1 heterocycles. The Morgan fingerprint density at radius 3 is 2.64 bits per heavy atom. The third kappa shape index (κ3) is 4.67. The average molecular weight is 298 g/mol. The Bertz CT molecular complexity index is 611. The van der Waals surface area contributed by atoms with Crippen LogP contribution in [-0.4, -0.2) is 22.1 Å². The molecular formula is C18H22N2O2. The van der Waals surface area contributed by atoms with Crippen LogP contribution in [0.4, 0.5) is 0 Å². The lowest BCUT2D eigenvalue weighted by molar-refractivity contribution is -0.140. The lowest BCUT2D eigenvalue weighted by atomic mass is 10.0. The van der Waals surface area contributed by atoms with Crippen LogP contribution >= 0.6 is 0 Å². The number of pyridine rings is 1. The minimum absolute atomic E-state index is 0.343. The molecule has 0 saturated carbocycles. The van der Waals surface area contributed by atoms with Gasteiger partial charge in [0.15, 0.2) is 0 Å². The molecule has 0 unspecified atom stereocenters. The van der Waals surface area contributed by atoms with Gasteiger partial charge in [-0.1, -0.05) is 38.1 Å². The lowest BCUT2D eigenvalue weighted by Gasteiger charge is -2.16. The third-order valence-electron chi connectivity index (χ3n) is 3.48. The summed E-state index contributed by atoms with van der Waals surface area (Å²) in [4.78, 5) is 15.4. The van der Waals surface area contributed by atoms with Crippen LogP contribution in [0.3, 0.4) is 0 Å². The number of nitrogens with one attached hydrogen (secondary N) is 1. The van der Waals surface area contributed by atoms with Gasteiger partial charge in [-0.25, -0.2) is 0 Å². The van der Waals surface area contributed by atoms with Crippen molar-refractivity contribution in [3.05, 3.63) is 54.4 Å². The largest absolute Gasteiger partial charge is 0.480 e. The van der Waals surface area contributed by atoms with E-state index >= 15 is 0 Å². The van der Waals surface area contributed by atoms with E-state index in [1.807, 2.05) is 50.4 Å². The summed E-state index contributed by atoms with van der Waals surface area (Å²) in [6.45, 7) is 4.60. The maximum Gasteiger partial charge on any atom is 0.320 e. The quantitative estimate of drug-likeness (QED) is 0.823. The predicted octanol–water partition coefficient (Wildman–Crippen LogP) is 3.34. The van der Waals surface area contributed by atoms with E-state index in [0.29, 0.717) is 18.9 Å². The molecule has 1 aromatic carbocycles. The molecule has 0 saturated heterocycles. The summed E-state index contributed by atoms with van der Waals surface area (Å²) < 4.78 is 0. The molecule has 2 rings (SSSR count). The van der Waals surface area contributed by atoms with Gasteiger partial charge < -0.3 is 10.4 Å². The number of hydrogen-bond donors (Lipinski definition) is 2. The maximum absolute atomic E-state index is 11.3. The Balaban J connectivity index is 2.06. The second-order valence-corrected chi connectivity index (χ2v) is 5.84. The molecule has 22 heavy (non-hydrogen) atoms. The van der Waals surface area contributed by atoms with Gasteiger partial charge in [-0.15, -0.1) is 0 Å². The van der Waals surface area contributed by atoms with Crippen LogP contribution in [0.5, 0.6) is 0 Å². The molecule has 4 heteroatoms. The van der Waals surface area contributed by atoms with Crippen LogP contribution in [-0.2, 0) is 11.3 Å². The Hall–Kier alpha value is -2.20. The highest BCUT2D eigenvalue weighted by Crippen LogP contribution is 2.19. The monoisotopic (exact) mass is 298 g/mol. The normalized spacial score (nSPS) is 12.3. The number of hydrogen-bond acceptors (Lipinski definition) is 3. The van der Waals surface area contributed by atoms with Crippen LogP contribution in [0.1, 0.15) is 25.8 Å². The molecule has 0 aliphatic carbocycles. The number of aliphatic carboxylic acids is 1. The van der Waals surface area contributed by atoms with E-state index < -0.39 is 12.0 Å². The Kier molecular flexibility index (Phi) is 5.67. The van der Waals surface area contributed by atoms with E-state index in [-0.39, 0.29) is 0 Å². The molecule has 0 aliphatic rings. The smallest absolute Gasteiger partial charge is 0.320 e. The van der Waals surface area contributed by atoms with E-state index in [2.05, 4.69) is 16.4 Å². The molecule has 116 valence electrons. The van der Waals surface area contributed by atoms with Crippen molar-refractivity contribution in [3.63, 3.8) is 0 Å². The Labute approximate surface area is 131 Å². The second-order valence-electron chi connectivity index (χ2n) is 5.84. The molecule has 2 aromatic rings. The molecule has 4 nitrogen and oxygen atoms in total. The maximum atomic E-state index is 11.3. The van der Waals surface area contributed by atoms with E-state index in [1.54, 1.807) is 6.20 Å². The van der Waals surface area contributed by atoms with Crippen LogP contribution in [0, 0.1) is 5.92 Å². The average Bonchev–Trinajstić information content (AvgIpc) is 2.52. The summed E-state index contributed by atoms with van der Waals surface area (Å²) in [5.41, 5.74) is 3.21. The van der Waals surface area contributed by atoms with Gasteiger partial charge in [0.2, 0.25) is 0 Å². The highest BCUT2D eigenvalue weighted by molar-refractivity contribution is 5.73. The Morgan fingerprint density at radius 2 is 2.00 bits per heavy atom. The number of carboxylic acids is 1. The fourth-order valence-electron chi connectivity index (χ4n) is 2.38. The van der Waals surface area contributed by atoms with Gasteiger partial charge in [0.25, 0.3) is 0 Å². The van der Waals surface area contributed by atoms with Crippen molar-refractivity contribution in [2.45, 2.75) is 32.9 Å². The van der Waals surface area contributed by atoms with Gasteiger partial charge in [0.05, 0.1) is 0 Å². The van der Waals surface area contributed by atoms with Crippen molar-refractivity contribution in [1.29, 1.82) is 0 Å². The SMILES string of the molecule is CC(C)C[C@H](NCc1cccc(-c2cccnc2)c1)C(=O)O. The van der Waals surface area contributed by atoms with E-state index in [4.69, 9.17) is 0 Å². The fourth-order valence-corrected chi connectivity index (χ4v) is 2.38. The number of nitrogens with zero attached hydrogens (tertiary/aromatic N) is 1. The molecule has 0 spiro atoms. The zero-order valence-electron chi connectivity index (χ0n) is 13.0. The number of carboxylic acid groups (broad SMARTS) is 1. The number of aromatic nitrogens is 1. The highest BCUT2D eigenvalue weighted by Gasteiger charge is 2.17. The molecule has 2 N–H and O–H groups in total. The summed E-state index contributed by atoms with van der Waals surface area (Å²) >= 11 is 0. The van der Waals surface area contributed by atoms with Gasteiger partial charge in [-0.05, 0) is 41.2 Å². The first-order valence-electron chi connectivity index (χ1n) is 7.52. The molecule has 0 radical (unpaired) electrons. The zero-order chi connectivity index (χ0) is 15.9.